The quantitative estimate of drug-likeness (QED) is 0.338. The molecule has 0 saturated carbocycles. The lowest BCUT2D eigenvalue weighted by molar-refractivity contribution is 0.112. The summed E-state index contributed by atoms with van der Waals surface area (Å²) >= 11 is 6.81. The molecule has 0 saturated heterocycles. The lowest BCUT2D eigenvalue weighted by Gasteiger charge is -2.00. The Morgan fingerprint density at radius 2 is 1.23 bits per heavy atom. The van der Waals surface area contributed by atoms with Crippen LogP contribution in [0.1, 0.15) is 15.9 Å². The number of aliphatic hydroxyl groups is 1. The van der Waals surface area contributed by atoms with Crippen LogP contribution in [0.5, 0.6) is 0 Å². The molecule has 0 unspecified atom stereocenters. The van der Waals surface area contributed by atoms with Crippen molar-refractivity contribution in [2.75, 3.05) is 0 Å². The van der Waals surface area contributed by atoms with E-state index < -0.39 is 0 Å². The molecule has 0 radical (unpaired) electrons. The van der Waals surface area contributed by atoms with Gasteiger partial charge in [0, 0.05) is 14.5 Å². The zero-order valence-electron chi connectivity index (χ0n) is 13.8. The van der Waals surface area contributed by atoms with Gasteiger partial charge in [-0.2, -0.15) is 0 Å². The number of hydrogen-bond donors (Lipinski definition) is 1. The van der Waals surface area contributed by atoms with Crippen LogP contribution in [0.25, 0.3) is 21.5 Å². The molecule has 0 aliphatic rings. The van der Waals surface area contributed by atoms with Crippen molar-refractivity contribution in [2.45, 2.75) is 6.61 Å². The predicted octanol–water partition coefficient (Wildman–Crippen LogP) is 6.51. The number of aliphatic hydroxyl groups excluding tert-OH is 1. The summed E-state index contributed by atoms with van der Waals surface area (Å²) in [6.07, 6.45) is 0.861. The van der Waals surface area contributed by atoms with Crippen LogP contribution in [-0.2, 0) is 6.61 Å². The summed E-state index contributed by atoms with van der Waals surface area (Å²) in [5.74, 6) is 0. The number of benzene rings is 4. The highest BCUT2D eigenvalue weighted by atomic mass is 79.9. The van der Waals surface area contributed by atoms with Crippen LogP contribution in [0.2, 0.25) is 0 Å². The number of halogens is 2. The molecule has 130 valence electrons. The maximum absolute atomic E-state index is 10.5. The Morgan fingerprint density at radius 3 is 1.81 bits per heavy atom. The first-order valence-corrected chi connectivity index (χ1v) is 9.61. The number of rotatable bonds is 2. The molecular weight excluding hydrogens is 456 g/mol. The second kappa shape index (κ2) is 8.58. The summed E-state index contributed by atoms with van der Waals surface area (Å²) in [6, 6.07) is 23.8. The number of carbonyl (C=O) groups is 1. The van der Waals surface area contributed by atoms with Gasteiger partial charge in [0.1, 0.15) is 6.29 Å². The van der Waals surface area contributed by atoms with Gasteiger partial charge in [-0.25, -0.2) is 0 Å². The fourth-order valence-electron chi connectivity index (χ4n) is 2.67. The molecule has 0 atom stereocenters. The highest BCUT2D eigenvalue weighted by Crippen LogP contribution is 2.21. The number of fused-ring (bicyclic) bond motifs is 2. The van der Waals surface area contributed by atoms with E-state index in [1.165, 1.54) is 5.39 Å². The van der Waals surface area contributed by atoms with E-state index in [2.05, 4.69) is 44.0 Å². The summed E-state index contributed by atoms with van der Waals surface area (Å²) in [4.78, 5) is 10.5. The minimum absolute atomic E-state index is 0.0997. The van der Waals surface area contributed by atoms with Crippen LogP contribution >= 0.6 is 31.9 Å². The zero-order chi connectivity index (χ0) is 18.5. The monoisotopic (exact) mass is 470 g/mol. The number of hydrogen-bond acceptors (Lipinski definition) is 2. The van der Waals surface area contributed by atoms with E-state index in [1.54, 1.807) is 0 Å². The van der Waals surface area contributed by atoms with E-state index in [1.807, 2.05) is 60.7 Å². The van der Waals surface area contributed by atoms with Crippen molar-refractivity contribution in [1.82, 2.24) is 0 Å². The van der Waals surface area contributed by atoms with E-state index in [-0.39, 0.29) is 6.61 Å². The molecule has 4 heteroatoms. The first-order valence-electron chi connectivity index (χ1n) is 8.02. The third-order valence-electron chi connectivity index (χ3n) is 4.01. The van der Waals surface area contributed by atoms with E-state index in [0.717, 1.165) is 37.0 Å². The van der Waals surface area contributed by atoms with Gasteiger partial charge in [0.05, 0.1) is 6.61 Å². The largest absolute Gasteiger partial charge is 0.392 e. The molecule has 0 aliphatic heterocycles. The van der Waals surface area contributed by atoms with Crippen molar-refractivity contribution in [2.24, 2.45) is 0 Å². The molecular formula is C22H16Br2O2. The van der Waals surface area contributed by atoms with Gasteiger partial charge in [0.15, 0.2) is 0 Å². The van der Waals surface area contributed by atoms with Gasteiger partial charge in [0.2, 0.25) is 0 Å². The zero-order valence-corrected chi connectivity index (χ0v) is 17.0. The molecule has 4 aromatic carbocycles. The van der Waals surface area contributed by atoms with Crippen molar-refractivity contribution in [3.05, 3.63) is 92.9 Å². The summed E-state index contributed by atoms with van der Waals surface area (Å²) in [5.41, 5.74) is 1.66. The number of aldehydes is 1. The molecule has 0 aliphatic carbocycles. The Labute approximate surface area is 168 Å². The first-order chi connectivity index (χ1) is 12.6. The van der Waals surface area contributed by atoms with Gasteiger partial charge in [0.25, 0.3) is 0 Å². The van der Waals surface area contributed by atoms with Gasteiger partial charge in [-0.1, -0.05) is 68.3 Å². The Balaban J connectivity index is 0.000000151. The Hall–Kier alpha value is -2.01. The Kier molecular flexibility index (Phi) is 6.20. The number of carbonyl (C=O) groups excluding carboxylic acids is 1. The van der Waals surface area contributed by atoms with Crippen LogP contribution in [0, 0.1) is 0 Å². The standard InChI is InChI=1S/C11H9BrO.C11H7BrO/c2*12-11-4-3-9-2-1-8(7-13)5-10(9)6-11/h1-6,13H,7H2;1-7H. The van der Waals surface area contributed by atoms with Gasteiger partial charge >= 0.3 is 0 Å². The Morgan fingerprint density at radius 1 is 0.692 bits per heavy atom. The van der Waals surface area contributed by atoms with Crippen LogP contribution in [0.15, 0.2) is 81.7 Å². The summed E-state index contributed by atoms with van der Waals surface area (Å²) < 4.78 is 2.10. The highest BCUT2D eigenvalue weighted by molar-refractivity contribution is 9.10. The van der Waals surface area contributed by atoms with Crippen LogP contribution in [0.4, 0.5) is 0 Å². The molecule has 0 heterocycles. The van der Waals surface area contributed by atoms with Crippen molar-refractivity contribution in [1.29, 1.82) is 0 Å². The third-order valence-corrected chi connectivity index (χ3v) is 5.00. The molecule has 2 nitrogen and oxygen atoms in total. The molecule has 0 spiro atoms. The second-order valence-electron chi connectivity index (χ2n) is 5.85. The normalized spacial score (nSPS) is 10.4. The van der Waals surface area contributed by atoms with E-state index in [4.69, 9.17) is 5.11 Å². The molecule has 0 bridgehead atoms. The average Bonchev–Trinajstić information content (AvgIpc) is 2.67. The van der Waals surface area contributed by atoms with Gasteiger partial charge in [-0.3, -0.25) is 4.79 Å². The minimum Gasteiger partial charge on any atom is -0.392 e. The maximum Gasteiger partial charge on any atom is 0.150 e. The topological polar surface area (TPSA) is 37.3 Å². The van der Waals surface area contributed by atoms with Gasteiger partial charge in [-0.15, -0.1) is 0 Å². The van der Waals surface area contributed by atoms with Crippen molar-refractivity contribution in [3.63, 3.8) is 0 Å². The smallest absolute Gasteiger partial charge is 0.150 e. The molecule has 26 heavy (non-hydrogen) atoms. The molecule has 4 aromatic rings. The molecule has 1 N–H and O–H groups in total. The molecule has 4 rings (SSSR count). The third kappa shape index (κ3) is 4.58. The minimum atomic E-state index is 0.0997. The van der Waals surface area contributed by atoms with Crippen molar-refractivity contribution >= 4 is 59.7 Å². The average molecular weight is 472 g/mol. The predicted molar refractivity (Wildman–Crippen MR) is 115 cm³/mol. The SMILES string of the molecule is O=Cc1ccc2ccc(Br)cc2c1.OCc1ccc2ccc(Br)cc2c1. The fourth-order valence-corrected chi connectivity index (χ4v) is 3.43. The molecule has 0 amide bonds. The summed E-state index contributed by atoms with van der Waals surface area (Å²) in [6.45, 7) is 0.0997. The van der Waals surface area contributed by atoms with Crippen LogP contribution < -0.4 is 0 Å². The van der Waals surface area contributed by atoms with Gasteiger partial charge < -0.3 is 5.11 Å². The second-order valence-corrected chi connectivity index (χ2v) is 7.68. The van der Waals surface area contributed by atoms with E-state index >= 15 is 0 Å². The lowest BCUT2D eigenvalue weighted by Crippen LogP contribution is -1.82. The van der Waals surface area contributed by atoms with E-state index in [0.29, 0.717) is 5.56 Å². The Bertz CT molecular complexity index is 1070. The van der Waals surface area contributed by atoms with Gasteiger partial charge in [-0.05, 0) is 63.5 Å². The summed E-state index contributed by atoms with van der Waals surface area (Å²) in [7, 11) is 0. The summed E-state index contributed by atoms with van der Waals surface area (Å²) in [5, 5.41) is 13.5. The van der Waals surface area contributed by atoms with Crippen molar-refractivity contribution < 1.29 is 9.90 Å². The highest BCUT2D eigenvalue weighted by Gasteiger charge is 1.97. The fraction of sp³-hybridized carbons (Fsp3) is 0.0455. The van der Waals surface area contributed by atoms with Crippen LogP contribution in [-0.4, -0.2) is 11.4 Å². The molecule has 0 fully saturated rings. The lowest BCUT2D eigenvalue weighted by atomic mass is 10.1. The molecule has 0 aromatic heterocycles. The maximum atomic E-state index is 10.5. The first kappa shape index (κ1) is 18.8. The van der Waals surface area contributed by atoms with E-state index in [9.17, 15) is 4.79 Å². The van der Waals surface area contributed by atoms with Crippen molar-refractivity contribution in [3.8, 4) is 0 Å². The van der Waals surface area contributed by atoms with Crippen LogP contribution in [0.3, 0.4) is 0 Å².